The summed E-state index contributed by atoms with van der Waals surface area (Å²) in [4.78, 5) is 14.8. The number of hydrogen-bond acceptors (Lipinski definition) is 2. The highest BCUT2D eigenvalue weighted by molar-refractivity contribution is 5.87. The largest absolute Gasteiger partial charge is 0.477 e. The van der Waals surface area contributed by atoms with Crippen molar-refractivity contribution in [3.8, 4) is 0 Å². The van der Waals surface area contributed by atoms with Crippen LogP contribution in [0.5, 0.6) is 0 Å². The Morgan fingerprint density at radius 2 is 2.08 bits per heavy atom. The average molecular weight is 179 g/mol. The number of pyridine rings is 1. The molecule has 0 amide bonds. The molecule has 0 aromatic carbocycles. The van der Waals surface area contributed by atoms with E-state index in [2.05, 4.69) is 4.98 Å². The van der Waals surface area contributed by atoms with Crippen LogP contribution in [0.3, 0.4) is 0 Å². The Balaban J connectivity index is 3.27. The van der Waals surface area contributed by atoms with Gasteiger partial charge in [-0.05, 0) is 24.5 Å². The molecule has 0 aliphatic carbocycles. The Morgan fingerprint density at radius 1 is 1.46 bits per heavy atom. The number of hydrogen-bond donors (Lipinski definition) is 1. The number of nitrogens with zero attached hydrogens (tertiary/aromatic N) is 1. The predicted octanol–water partition coefficient (Wildman–Crippen LogP) is 2.21. The van der Waals surface area contributed by atoms with Crippen LogP contribution in [0, 0.1) is 6.92 Å². The van der Waals surface area contributed by atoms with Gasteiger partial charge in [0.05, 0.1) is 0 Å². The van der Waals surface area contributed by atoms with Crippen LogP contribution < -0.4 is 0 Å². The third kappa shape index (κ3) is 2.05. The first kappa shape index (κ1) is 9.71. The summed E-state index contributed by atoms with van der Waals surface area (Å²) < 4.78 is 0. The second-order valence-electron chi connectivity index (χ2n) is 3.35. The van der Waals surface area contributed by atoms with E-state index in [1.54, 1.807) is 6.92 Å². The lowest BCUT2D eigenvalue weighted by atomic mass is 10.0. The fraction of sp³-hybridized carbons (Fsp3) is 0.400. The van der Waals surface area contributed by atoms with Crippen molar-refractivity contribution in [3.63, 3.8) is 0 Å². The molecule has 3 nitrogen and oxygen atoms in total. The van der Waals surface area contributed by atoms with Gasteiger partial charge < -0.3 is 5.11 Å². The van der Waals surface area contributed by atoms with Crippen LogP contribution >= 0.6 is 0 Å². The van der Waals surface area contributed by atoms with Gasteiger partial charge in [0.25, 0.3) is 0 Å². The molecule has 1 rings (SSSR count). The van der Waals surface area contributed by atoms with E-state index in [-0.39, 0.29) is 11.6 Å². The lowest BCUT2D eigenvalue weighted by molar-refractivity contribution is 0.0688. The minimum absolute atomic E-state index is 0.176. The van der Waals surface area contributed by atoms with Crippen molar-refractivity contribution < 1.29 is 9.90 Å². The van der Waals surface area contributed by atoms with Crippen molar-refractivity contribution in [2.45, 2.75) is 26.7 Å². The molecule has 0 saturated heterocycles. The van der Waals surface area contributed by atoms with E-state index in [9.17, 15) is 4.79 Å². The summed E-state index contributed by atoms with van der Waals surface area (Å²) in [6.07, 6.45) is 0. The van der Waals surface area contributed by atoms with Crippen molar-refractivity contribution >= 4 is 5.97 Å². The third-order valence-electron chi connectivity index (χ3n) is 1.89. The minimum Gasteiger partial charge on any atom is -0.477 e. The molecule has 1 heterocycles. The molecule has 3 heteroatoms. The normalized spacial score (nSPS) is 10.5. The van der Waals surface area contributed by atoms with Gasteiger partial charge in [-0.15, -0.1) is 0 Å². The molecule has 0 radical (unpaired) electrons. The maximum Gasteiger partial charge on any atom is 0.354 e. The van der Waals surface area contributed by atoms with Gasteiger partial charge in [0, 0.05) is 5.69 Å². The number of aromatic carboxylic acids is 1. The van der Waals surface area contributed by atoms with Gasteiger partial charge in [-0.3, -0.25) is 0 Å². The number of carboxylic acid groups (broad SMARTS) is 1. The fourth-order valence-electron chi connectivity index (χ4n) is 1.20. The van der Waals surface area contributed by atoms with E-state index in [1.807, 2.05) is 26.0 Å². The van der Waals surface area contributed by atoms with Gasteiger partial charge in [-0.1, -0.05) is 19.9 Å². The predicted molar refractivity (Wildman–Crippen MR) is 50.0 cm³/mol. The highest BCUT2D eigenvalue weighted by Crippen LogP contribution is 2.18. The molecule has 0 aliphatic heterocycles. The molecule has 0 saturated carbocycles. The van der Waals surface area contributed by atoms with Gasteiger partial charge in [-0.25, -0.2) is 9.78 Å². The lowest BCUT2D eigenvalue weighted by Crippen LogP contribution is -2.07. The molecule has 0 atom stereocenters. The molecule has 0 bridgehead atoms. The third-order valence-corrected chi connectivity index (χ3v) is 1.89. The quantitative estimate of drug-likeness (QED) is 0.757. The Kier molecular flexibility index (Phi) is 2.66. The van der Waals surface area contributed by atoms with Crippen LogP contribution in [-0.4, -0.2) is 16.1 Å². The summed E-state index contributed by atoms with van der Waals surface area (Å²) in [6, 6.07) is 3.66. The fourth-order valence-corrected chi connectivity index (χ4v) is 1.20. The number of carboxylic acids is 1. The summed E-state index contributed by atoms with van der Waals surface area (Å²) in [5, 5.41) is 8.88. The monoisotopic (exact) mass is 179 g/mol. The van der Waals surface area contributed by atoms with Crippen molar-refractivity contribution in [1.82, 2.24) is 4.98 Å². The van der Waals surface area contributed by atoms with Crippen LogP contribution in [0.2, 0.25) is 0 Å². The first-order valence-corrected chi connectivity index (χ1v) is 4.23. The van der Waals surface area contributed by atoms with Crippen LogP contribution in [0.1, 0.15) is 41.5 Å². The zero-order chi connectivity index (χ0) is 10.0. The van der Waals surface area contributed by atoms with Crippen LogP contribution in [-0.2, 0) is 0 Å². The number of aryl methyl sites for hydroxylation is 1. The minimum atomic E-state index is -0.951. The molecule has 1 N–H and O–H groups in total. The SMILES string of the molecule is Cc1ccc(C(C)C)c(C(=O)O)n1. The van der Waals surface area contributed by atoms with Crippen molar-refractivity contribution in [1.29, 1.82) is 0 Å². The standard InChI is InChI=1S/C10H13NO2/c1-6(2)8-5-4-7(3)11-9(8)10(12)13/h4-6H,1-3H3,(H,12,13). The second-order valence-corrected chi connectivity index (χ2v) is 3.35. The molecule has 0 aliphatic rings. The maximum atomic E-state index is 10.8. The van der Waals surface area contributed by atoms with Crippen molar-refractivity contribution in [2.75, 3.05) is 0 Å². The van der Waals surface area contributed by atoms with E-state index >= 15 is 0 Å². The van der Waals surface area contributed by atoms with Gasteiger partial charge >= 0.3 is 5.97 Å². The molecule has 1 aromatic rings. The second kappa shape index (κ2) is 3.56. The van der Waals surface area contributed by atoms with Crippen LogP contribution in [0.15, 0.2) is 12.1 Å². The molecule has 0 spiro atoms. The molecule has 0 unspecified atom stereocenters. The molecular formula is C10H13NO2. The van der Waals surface area contributed by atoms with E-state index < -0.39 is 5.97 Å². The van der Waals surface area contributed by atoms with E-state index in [4.69, 9.17) is 5.11 Å². The molecule has 70 valence electrons. The van der Waals surface area contributed by atoms with Crippen molar-refractivity contribution in [2.24, 2.45) is 0 Å². The highest BCUT2D eigenvalue weighted by Gasteiger charge is 2.13. The Labute approximate surface area is 77.4 Å². The van der Waals surface area contributed by atoms with Gasteiger partial charge in [0.2, 0.25) is 0 Å². The number of carbonyl (C=O) groups is 1. The van der Waals surface area contributed by atoms with Crippen LogP contribution in [0.25, 0.3) is 0 Å². The number of rotatable bonds is 2. The van der Waals surface area contributed by atoms with E-state index in [0.717, 1.165) is 11.3 Å². The van der Waals surface area contributed by atoms with E-state index in [0.29, 0.717) is 0 Å². The smallest absolute Gasteiger partial charge is 0.354 e. The summed E-state index contributed by atoms with van der Waals surface area (Å²) >= 11 is 0. The van der Waals surface area contributed by atoms with Gasteiger partial charge in [-0.2, -0.15) is 0 Å². The summed E-state index contributed by atoms with van der Waals surface area (Å²) in [7, 11) is 0. The van der Waals surface area contributed by atoms with E-state index in [1.165, 1.54) is 0 Å². The number of aromatic nitrogens is 1. The summed E-state index contributed by atoms with van der Waals surface area (Å²) in [5.74, 6) is -0.758. The average Bonchev–Trinajstić information content (AvgIpc) is 2.03. The van der Waals surface area contributed by atoms with Gasteiger partial charge in [0.1, 0.15) is 0 Å². The first-order chi connectivity index (χ1) is 6.02. The molecule has 13 heavy (non-hydrogen) atoms. The molecule has 0 fully saturated rings. The molecule has 1 aromatic heterocycles. The topological polar surface area (TPSA) is 50.2 Å². The zero-order valence-electron chi connectivity index (χ0n) is 8.03. The summed E-state index contributed by atoms with van der Waals surface area (Å²) in [5.41, 5.74) is 1.70. The van der Waals surface area contributed by atoms with Crippen molar-refractivity contribution in [3.05, 3.63) is 29.1 Å². The Hall–Kier alpha value is -1.38. The first-order valence-electron chi connectivity index (χ1n) is 4.23. The molecular weight excluding hydrogens is 166 g/mol. The Bertz CT molecular complexity index is 332. The lowest BCUT2D eigenvalue weighted by Gasteiger charge is -2.08. The van der Waals surface area contributed by atoms with Gasteiger partial charge in [0.15, 0.2) is 5.69 Å². The Morgan fingerprint density at radius 3 is 2.54 bits per heavy atom. The summed E-state index contributed by atoms with van der Waals surface area (Å²) in [6.45, 7) is 5.70. The maximum absolute atomic E-state index is 10.8. The van der Waals surface area contributed by atoms with Crippen LogP contribution in [0.4, 0.5) is 0 Å². The zero-order valence-corrected chi connectivity index (χ0v) is 8.03. The highest BCUT2D eigenvalue weighted by atomic mass is 16.4.